The van der Waals surface area contributed by atoms with Gasteiger partial charge in [0, 0.05) is 31.3 Å². The van der Waals surface area contributed by atoms with Gasteiger partial charge < -0.3 is 9.67 Å². The molecule has 1 aliphatic carbocycles. The van der Waals surface area contributed by atoms with Crippen molar-refractivity contribution < 1.29 is 13.5 Å². The molecule has 0 bridgehead atoms. The van der Waals surface area contributed by atoms with Crippen LogP contribution in [0.15, 0.2) is 11.2 Å². The Morgan fingerprint density at radius 1 is 1.68 bits per heavy atom. The minimum atomic E-state index is -3.70. The smallest absolute Gasteiger partial charge is 0.259 e. The lowest BCUT2D eigenvalue weighted by molar-refractivity contribution is 0.127. The molecule has 0 saturated heterocycles. The number of sulfonamides is 1. The number of nitrogens with one attached hydrogen (secondary N) is 1. The second kappa shape index (κ2) is 5.05. The van der Waals surface area contributed by atoms with Crippen LogP contribution >= 0.6 is 11.6 Å². The van der Waals surface area contributed by atoms with Crippen LogP contribution in [0.2, 0.25) is 5.28 Å². The van der Waals surface area contributed by atoms with Gasteiger partial charge in [0.05, 0.1) is 0 Å². The molecule has 0 amide bonds. The molecule has 1 aromatic heterocycles. The summed E-state index contributed by atoms with van der Waals surface area (Å²) in [7, 11) is -2.08. The molecule has 0 radical (unpaired) electrons. The van der Waals surface area contributed by atoms with Gasteiger partial charge in [-0.05, 0) is 24.4 Å². The van der Waals surface area contributed by atoms with Crippen LogP contribution in [-0.4, -0.2) is 35.7 Å². The zero-order valence-electron chi connectivity index (χ0n) is 10.9. The third-order valence-electron chi connectivity index (χ3n) is 3.81. The quantitative estimate of drug-likeness (QED) is 0.865. The Morgan fingerprint density at radius 2 is 2.37 bits per heavy atom. The van der Waals surface area contributed by atoms with Crippen LogP contribution in [0.4, 0.5) is 0 Å². The van der Waals surface area contributed by atoms with Gasteiger partial charge in [-0.1, -0.05) is 13.3 Å². The first kappa shape index (κ1) is 14.8. The SMILES string of the molecule is Cn1cc(S(=O)(=O)NC2CCCC2(C)CO)nc1Cl. The van der Waals surface area contributed by atoms with Gasteiger partial charge in [-0.3, -0.25) is 0 Å². The van der Waals surface area contributed by atoms with Gasteiger partial charge in [0.2, 0.25) is 5.28 Å². The van der Waals surface area contributed by atoms with E-state index in [-0.39, 0.29) is 23.0 Å². The van der Waals surface area contributed by atoms with Gasteiger partial charge in [-0.2, -0.15) is 0 Å². The van der Waals surface area contributed by atoms with E-state index in [1.165, 1.54) is 10.8 Å². The fourth-order valence-corrected chi connectivity index (χ4v) is 4.01. The molecular formula is C11H18ClN3O3S. The number of rotatable bonds is 4. The fourth-order valence-electron chi connectivity index (χ4n) is 2.42. The predicted molar refractivity (Wildman–Crippen MR) is 71.4 cm³/mol. The van der Waals surface area contributed by atoms with E-state index in [2.05, 4.69) is 9.71 Å². The largest absolute Gasteiger partial charge is 0.396 e. The van der Waals surface area contributed by atoms with Crippen LogP contribution in [0.25, 0.3) is 0 Å². The average molecular weight is 308 g/mol. The number of nitrogens with zero attached hydrogens (tertiary/aromatic N) is 2. The molecule has 6 nitrogen and oxygen atoms in total. The molecule has 2 rings (SSSR count). The fraction of sp³-hybridized carbons (Fsp3) is 0.727. The summed E-state index contributed by atoms with van der Waals surface area (Å²) in [5.41, 5.74) is -0.411. The Morgan fingerprint density at radius 3 is 2.89 bits per heavy atom. The molecule has 0 aromatic carbocycles. The number of aliphatic hydroxyl groups excluding tert-OH is 1. The zero-order chi connectivity index (χ0) is 14.3. The van der Waals surface area contributed by atoms with E-state index in [1.807, 2.05) is 6.92 Å². The molecule has 2 atom stereocenters. The van der Waals surface area contributed by atoms with Gasteiger partial charge >= 0.3 is 0 Å². The van der Waals surface area contributed by atoms with Crippen molar-refractivity contribution >= 4 is 21.6 Å². The summed E-state index contributed by atoms with van der Waals surface area (Å²) in [4.78, 5) is 3.81. The van der Waals surface area contributed by atoms with Crippen LogP contribution in [0, 0.1) is 5.41 Å². The number of imidazole rings is 1. The second-order valence-electron chi connectivity index (χ2n) is 5.34. The lowest BCUT2D eigenvalue weighted by Gasteiger charge is -2.29. The lowest BCUT2D eigenvalue weighted by Crippen LogP contribution is -2.44. The molecule has 108 valence electrons. The second-order valence-corrected chi connectivity index (χ2v) is 7.34. The standard InChI is InChI=1S/C11H18ClN3O3S/c1-11(7-16)5-3-4-8(11)14-19(17,18)9-6-15(2)10(12)13-9/h6,8,14,16H,3-5,7H2,1-2H3. The molecular weight excluding hydrogens is 290 g/mol. The van der Waals surface area contributed by atoms with E-state index in [0.717, 1.165) is 19.3 Å². The van der Waals surface area contributed by atoms with Gasteiger partial charge in [-0.15, -0.1) is 0 Å². The molecule has 0 aliphatic heterocycles. The van der Waals surface area contributed by atoms with Crippen molar-refractivity contribution in [2.75, 3.05) is 6.61 Å². The maximum absolute atomic E-state index is 12.2. The van der Waals surface area contributed by atoms with E-state index < -0.39 is 15.4 Å². The summed E-state index contributed by atoms with van der Waals surface area (Å²) in [6.07, 6.45) is 3.79. The van der Waals surface area contributed by atoms with E-state index in [0.29, 0.717) is 0 Å². The summed E-state index contributed by atoms with van der Waals surface area (Å²) >= 11 is 5.76. The van der Waals surface area contributed by atoms with Crippen LogP contribution < -0.4 is 4.72 Å². The number of aryl methyl sites for hydroxylation is 1. The molecule has 1 fully saturated rings. The molecule has 1 aromatic rings. The van der Waals surface area contributed by atoms with Gasteiger partial charge in [0.25, 0.3) is 10.0 Å². The summed E-state index contributed by atoms with van der Waals surface area (Å²) in [5, 5.41) is 9.47. The first-order chi connectivity index (χ1) is 8.78. The van der Waals surface area contributed by atoms with Crippen molar-refractivity contribution in [3.63, 3.8) is 0 Å². The van der Waals surface area contributed by atoms with Crippen molar-refractivity contribution in [1.82, 2.24) is 14.3 Å². The zero-order valence-corrected chi connectivity index (χ0v) is 12.5. The Hall–Kier alpha value is -0.630. The summed E-state index contributed by atoms with van der Waals surface area (Å²) in [6.45, 7) is 1.85. The monoisotopic (exact) mass is 307 g/mol. The Balaban J connectivity index is 2.22. The minimum absolute atomic E-state index is 0.0385. The van der Waals surface area contributed by atoms with Crippen molar-refractivity contribution in [2.45, 2.75) is 37.3 Å². The molecule has 19 heavy (non-hydrogen) atoms. The molecule has 1 aliphatic rings. The van der Waals surface area contributed by atoms with E-state index in [9.17, 15) is 13.5 Å². The molecule has 2 N–H and O–H groups in total. The van der Waals surface area contributed by atoms with Crippen LogP contribution in [0.5, 0.6) is 0 Å². The van der Waals surface area contributed by atoms with E-state index in [1.54, 1.807) is 7.05 Å². The highest BCUT2D eigenvalue weighted by Gasteiger charge is 2.41. The van der Waals surface area contributed by atoms with Gasteiger partial charge in [0.1, 0.15) is 0 Å². The average Bonchev–Trinajstić information content (AvgIpc) is 2.85. The van der Waals surface area contributed by atoms with Gasteiger partial charge in [-0.25, -0.2) is 18.1 Å². The molecule has 1 saturated carbocycles. The maximum Gasteiger partial charge on any atom is 0.259 e. The summed E-state index contributed by atoms with van der Waals surface area (Å²) in [6, 6.07) is -0.275. The highest BCUT2D eigenvalue weighted by Crippen LogP contribution is 2.38. The highest BCUT2D eigenvalue weighted by atomic mass is 35.5. The number of aromatic nitrogens is 2. The van der Waals surface area contributed by atoms with Crippen LogP contribution in [-0.2, 0) is 17.1 Å². The normalized spacial score (nSPS) is 27.9. The highest BCUT2D eigenvalue weighted by molar-refractivity contribution is 7.89. The number of aliphatic hydroxyl groups is 1. The van der Waals surface area contributed by atoms with Crippen molar-refractivity contribution in [3.8, 4) is 0 Å². The molecule has 8 heteroatoms. The van der Waals surface area contributed by atoms with E-state index in [4.69, 9.17) is 11.6 Å². The summed E-state index contributed by atoms with van der Waals surface area (Å²) in [5.74, 6) is 0. The Bertz CT molecular complexity index is 552. The topological polar surface area (TPSA) is 84.2 Å². The Kier molecular flexibility index (Phi) is 3.92. The number of hydrogen-bond acceptors (Lipinski definition) is 4. The predicted octanol–water partition coefficient (Wildman–Crippen LogP) is 0.903. The molecule has 1 heterocycles. The van der Waals surface area contributed by atoms with Crippen molar-refractivity contribution in [3.05, 3.63) is 11.5 Å². The molecule has 0 spiro atoms. The number of halogens is 1. The van der Waals surface area contributed by atoms with Crippen molar-refractivity contribution in [1.29, 1.82) is 0 Å². The first-order valence-corrected chi connectivity index (χ1v) is 7.97. The van der Waals surface area contributed by atoms with E-state index >= 15 is 0 Å². The number of hydrogen-bond donors (Lipinski definition) is 2. The molecule has 2 unspecified atom stereocenters. The van der Waals surface area contributed by atoms with Gasteiger partial charge in [0.15, 0.2) is 5.03 Å². The maximum atomic E-state index is 12.2. The third-order valence-corrected chi connectivity index (χ3v) is 5.51. The van der Waals surface area contributed by atoms with Crippen molar-refractivity contribution in [2.24, 2.45) is 12.5 Å². The lowest BCUT2D eigenvalue weighted by atomic mass is 9.86. The Labute approximate surface area is 117 Å². The van der Waals surface area contributed by atoms with Crippen LogP contribution in [0.1, 0.15) is 26.2 Å². The first-order valence-electron chi connectivity index (χ1n) is 6.10. The minimum Gasteiger partial charge on any atom is -0.396 e. The summed E-state index contributed by atoms with van der Waals surface area (Å²) < 4.78 is 28.5. The van der Waals surface area contributed by atoms with Crippen LogP contribution in [0.3, 0.4) is 0 Å². The third kappa shape index (κ3) is 2.79.